The van der Waals surface area contributed by atoms with Crippen LogP contribution >= 0.6 is 15.9 Å². The third-order valence-corrected chi connectivity index (χ3v) is 2.64. The summed E-state index contributed by atoms with van der Waals surface area (Å²) in [5.74, 6) is 0.635. The number of methoxy groups -OCH3 is 1. The molecule has 0 fully saturated rings. The lowest BCUT2D eigenvalue weighted by Crippen LogP contribution is -2.25. The van der Waals surface area contributed by atoms with Crippen molar-refractivity contribution in [2.45, 2.75) is 25.9 Å². The zero-order valence-corrected chi connectivity index (χ0v) is 10.9. The van der Waals surface area contributed by atoms with Crippen molar-refractivity contribution in [2.24, 2.45) is 0 Å². The minimum atomic E-state index is -0.147. The predicted octanol–water partition coefficient (Wildman–Crippen LogP) is 3.04. The monoisotopic (exact) mass is 273 g/mol. The minimum absolute atomic E-state index is 0.147. The summed E-state index contributed by atoms with van der Waals surface area (Å²) in [4.78, 5) is 4.17. The number of rotatable bonds is 5. The van der Waals surface area contributed by atoms with Gasteiger partial charge in [0.15, 0.2) is 0 Å². The lowest BCUT2D eigenvalue weighted by molar-refractivity contribution is 0.00507. The van der Waals surface area contributed by atoms with Gasteiger partial charge < -0.3 is 9.47 Å². The Morgan fingerprint density at radius 3 is 2.73 bits per heavy atom. The fraction of sp³-hybridized carbons (Fsp3) is 0.545. The first kappa shape index (κ1) is 12.5. The van der Waals surface area contributed by atoms with Crippen LogP contribution in [-0.4, -0.2) is 24.3 Å². The maximum absolute atomic E-state index is 5.50. The molecule has 0 spiro atoms. The maximum Gasteiger partial charge on any atom is 0.214 e. The summed E-state index contributed by atoms with van der Waals surface area (Å²) >= 11 is 3.29. The molecule has 15 heavy (non-hydrogen) atoms. The van der Waals surface area contributed by atoms with Crippen molar-refractivity contribution in [3.8, 4) is 5.88 Å². The fourth-order valence-electron chi connectivity index (χ4n) is 0.973. The van der Waals surface area contributed by atoms with E-state index < -0.39 is 0 Å². The molecule has 0 saturated carbocycles. The number of hydrogen-bond acceptors (Lipinski definition) is 3. The smallest absolute Gasteiger partial charge is 0.214 e. The number of aromatic nitrogens is 1. The Kier molecular flexibility index (Phi) is 4.54. The first-order valence-electron chi connectivity index (χ1n) is 4.84. The molecule has 0 bridgehead atoms. The number of halogens is 1. The van der Waals surface area contributed by atoms with Gasteiger partial charge >= 0.3 is 0 Å². The molecule has 3 nitrogen and oxygen atoms in total. The zero-order valence-electron chi connectivity index (χ0n) is 9.29. The van der Waals surface area contributed by atoms with Crippen molar-refractivity contribution in [1.29, 1.82) is 0 Å². The van der Waals surface area contributed by atoms with Gasteiger partial charge in [0.2, 0.25) is 5.88 Å². The molecule has 0 amide bonds. The topological polar surface area (TPSA) is 31.4 Å². The molecule has 84 valence electrons. The lowest BCUT2D eigenvalue weighted by Gasteiger charge is -2.22. The molecule has 4 heteroatoms. The second-order valence-corrected chi connectivity index (χ2v) is 4.67. The standard InChI is InChI=1S/C11H16BrNO2/c1-11(2,14-3)7-8-15-10-6-4-5-9(12)13-10/h4-6H,7-8H2,1-3H3. The van der Waals surface area contributed by atoms with Crippen LogP contribution in [0.4, 0.5) is 0 Å². The van der Waals surface area contributed by atoms with E-state index in [0.717, 1.165) is 11.0 Å². The average Bonchev–Trinajstić information content (AvgIpc) is 2.18. The van der Waals surface area contributed by atoms with Crippen molar-refractivity contribution in [3.05, 3.63) is 22.8 Å². The second-order valence-electron chi connectivity index (χ2n) is 3.86. The van der Waals surface area contributed by atoms with Crippen LogP contribution in [0.2, 0.25) is 0 Å². The molecular weight excluding hydrogens is 258 g/mol. The van der Waals surface area contributed by atoms with Crippen LogP contribution in [0.3, 0.4) is 0 Å². The Balaban J connectivity index is 2.38. The first-order chi connectivity index (χ1) is 7.03. The molecular formula is C11H16BrNO2. The Bertz CT molecular complexity index is 315. The Hall–Kier alpha value is -0.610. The molecule has 0 aliphatic carbocycles. The van der Waals surface area contributed by atoms with E-state index in [2.05, 4.69) is 20.9 Å². The third kappa shape index (κ3) is 4.62. The van der Waals surface area contributed by atoms with Crippen LogP contribution < -0.4 is 4.74 Å². The van der Waals surface area contributed by atoms with E-state index in [1.165, 1.54) is 0 Å². The van der Waals surface area contributed by atoms with Gasteiger partial charge in [0, 0.05) is 19.6 Å². The first-order valence-corrected chi connectivity index (χ1v) is 5.63. The highest BCUT2D eigenvalue weighted by Gasteiger charge is 2.15. The largest absolute Gasteiger partial charge is 0.478 e. The van der Waals surface area contributed by atoms with E-state index in [9.17, 15) is 0 Å². The number of hydrogen-bond donors (Lipinski definition) is 0. The summed E-state index contributed by atoms with van der Waals surface area (Å²) in [6, 6.07) is 5.60. The van der Waals surface area contributed by atoms with Gasteiger partial charge in [-0.2, -0.15) is 0 Å². The van der Waals surface area contributed by atoms with Crippen molar-refractivity contribution >= 4 is 15.9 Å². The SMILES string of the molecule is COC(C)(C)CCOc1cccc(Br)n1. The Labute approximate surface area is 98.9 Å². The van der Waals surface area contributed by atoms with Crippen LogP contribution in [0.1, 0.15) is 20.3 Å². The number of ether oxygens (including phenoxy) is 2. The molecule has 1 rings (SSSR count). The van der Waals surface area contributed by atoms with Gasteiger partial charge in [0.05, 0.1) is 12.2 Å². The number of pyridine rings is 1. The molecule has 1 aromatic rings. The molecule has 0 aliphatic rings. The van der Waals surface area contributed by atoms with Crippen molar-refractivity contribution < 1.29 is 9.47 Å². The Morgan fingerprint density at radius 1 is 1.40 bits per heavy atom. The summed E-state index contributed by atoms with van der Waals surface area (Å²) in [5, 5.41) is 0. The Morgan fingerprint density at radius 2 is 2.13 bits per heavy atom. The molecule has 0 saturated heterocycles. The van der Waals surface area contributed by atoms with E-state index in [4.69, 9.17) is 9.47 Å². The highest BCUT2D eigenvalue weighted by Crippen LogP contribution is 2.15. The van der Waals surface area contributed by atoms with Crippen molar-refractivity contribution in [3.63, 3.8) is 0 Å². The summed E-state index contributed by atoms with van der Waals surface area (Å²) in [5.41, 5.74) is -0.147. The average molecular weight is 274 g/mol. The molecule has 0 N–H and O–H groups in total. The van der Waals surface area contributed by atoms with Gasteiger partial charge in [-0.15, -0.1) is 0 Å². The van der Waals surface area contributed by atoms with E-state index >= 15 is 0 Å². The maximum atomic E-state index is 5.50. The van der Waals surface area contributed by atoms with Crippen molar-refractivity contribution in [2.75, 3.05) is 13.7 Å². The van der Waals surface area contributed by atoms with Gasteiger partial charge in [-0.25, -0.2) is 4.98 Å². The zero-order chi connectivity index (χ0) is 11.3. The van der Waals surface area contributed by atoms with Gasteiger partial charge in [-0.3, -0.25) is 0 Å². The second kappa shape index (κ2) is 5.47. The normalized spacial score (nSPS) is 11.5. The molecule has 0 radical (unpaired) electrons. The van der Waals surface area contributed by atoms with Crippen LogP contribution in [0.15, 0.2) is 22.8 Å². The van der Waals surface area contributed by atoms with Crippen molar-refractivity contribution in [1.82, 2.24) is 4.98 Å². The van der Waals surface area contributed by atoms with E-state index in [-0.39, 0.29) is 5.60 Å². The van der Waals surface area contributed by atoms with Crippen LogP contribution in [0, 0.1) is 0 Å². The molecule has 0 unspecified atom stereocenters. The van der Waals surface area contributed by atoms with E-state index in [0.29, 0.717) is 12.5 Å². The van der Waals surface area contributed by atoms with Crippen LogP contribution in [-0.2, 0) is 4.74 Å². The summed E-state index contributed by atoms with van der Waals surface area (Å²) < 4.78 is 11.6. The van der Waals surface area contributed by atoms with E-state index in [1.54, 1.807) is 7.11 Å². The third-order valence-electron chi connectivity index (χ3n) is 2.20. The number of nitrogens with zero attached hydrogens (tertiary/aromatic N) is 1. The molecule has 0 aromatic carbocycles. The lowest BCUT2D eigenvalue weighted by atomic mass is 10.1. The van der Waals surface area contributed by atoms with E-state index in [1.807, 2.05) is 32.0 Å². The molecule has 1 heterocycles. The molecule has 0 atom stereocenters. The molecule has 0 aliphatic heterocycles. The molecule has 1 aromatic heterocycles. The summed E-state index contributed by atoms with van der Waals surface area (Å²) in [6.45, 7) is 4.67. The predicted molar refractivity (Wildman–Crippen MR) is 63.1 cm³/mol. The van der Waals surface area contributed by atoms with Gasteiger partial charge in [0.1, 0.15) is 4.60 Å². The van der Waals surface area contributed by atoms with Gasteiger partial charge in [0.25, 0.3) is 0 Å². The quantitative estimate of drug-likeness (QED) is 0.773. The fourth-order valence-corrected chi connectivity index (χ4v) is 1.30. The summed E-state index contributed by atoms with van der Waals surface area (Å²) in [7, 11) is 1.71. The minimum Gasteiger partial charge on any atom is -0.478 e. The summed E-state index contributed by atoms with van der Waals surface area (Å²) in [6.07, 6.45) is 0.831. The van der Waals surface area contributed by atoms with Gasteiger partial charge in [-0.05, 0) is 35.8 Å². The highest BCUT2D eigenvalue weighted by atomic mass is 79.9. The highest BCUT2D eigenvalue weighted by molar-refractivity contribution is 9.10. The van der Waals surface area contributed by atoms with Crippen LogP contribution in [0.5, 0.6) is 5.88 Å². The van der Waals surface area contributed by atoms with Crippen LogP contribution in [0.25, 0.3) is 0 Å². The van der Waals surface area contributed by atoms with Gasteiger partial charge in [-0.1, -0.05) is 6.07 Å².